The zero-order valence-electron chi connectivity index (χ0n) is 19.3. The minimum absolute atomic E-state index is 0.104. The second kappa shape index (κ2) is 13.9. The van der Waals surface area contributed by atoms with Crippen LogP contribution in [0.5, 0.6) is 0 Å². The molecule has 0 radical (unpaired) electrons. The van der Waals surface area contributed by atoms with Crippen molar-refractivity contribution in [1.82, 2.24) is 15.1 Å². The van der Waals surface area contributed by atoms with Gasteiger partial charge in [-0.3, -0.25) is 19.3 Å². The van der Waals surface area contributed by atoms with Crippen LogP contribution in [0.1, 0.15) is 44.6 Å². The molecule has 32 heavy (non-hydrogen) atoms. The Kier molecular flexibility index (Phi) is 11.2. The standard InChI is InChI=1S/C24H37N3O5/c1-3-4-5-9-12-21-23(30)25-20(17-19-10-7-6-8-11-19)24(31)26(2)18-22(29)32-16-14-27(21)13-15-28/h6-8,10-11,20-21,28H,3-5,9,12-18H2,1-2H3,(H,25,30). The SMILES string of the molecule is CCCCCCC1C(=O)NC(Cc2ccccc2)C(=O)N(C)CC(=O)OCCN1CCO. The number of hydrogen-bond donors (Lipinski definition) is 2. The fraction of sp³-hybridized carbons (Fsp3) is 0.625. The largest absolute Gasteiger partial charge is 0.463 e. The van der Waals surface area contributed by atoms with Gasteiger partial charge in [0.2, 0.25) is 11.8 Å². The van der Waals surface area contributed by atoms with Crippen molar-refractivity contribution in [2.75, 3.05) is 39.9 Å². The van der Waals surface area contributed by atoms with Gasteiger partial charge in [0.1, 0.15) is 19.2 Å². The molecule has 1 fully saturated rings. The van der Waals surface area contributed by atoms with Crippen molar-refractivity contribution >= 4 is 17.8 Å². The molecule has 178 valence electrons. The normalized spacial score (nSPS) is 21.5. The molecule has 1 aromatic rings. The second-order valence-electron chi connectivity index (χ2n) is 8.29. The highest BCUT2D eigenvalue weighted by atomic mass is 16.5. The van der Waals surface area contributed by atoms with Gasteiger partial charge in [0, 0.05) is 26.6 Å². The van der Waals surface area contributed by atoms with E-state index < -0.39 is 18.1 Å². The fourth-order valence-electron chi connectivity index (χ4n) is 3.97. The molecule has 1 heterocycles. The molecule has 0 bridgehead atoms. The third-order valence-electron chi connectivity index (χ3n) is 5.74. The maximum atomic E-state index is 13.4. The minimum Gasteiger partial charge on any atom is -0.463 e. The first-order valence-corrected chi connectivity index (χ1v) is 11.6. The summed E-state index contributed by atoms with van der Waals surface area (Å²) in [6.45, 7) is 2.58. The molecule has 2 atom stereocenters. The Hall–Kier alpha value is -2.45. The molecular weight excluding hydrogens is 410 g/mol. The van der Waals surface area contributed by atoms with Crippen LogP contribution in [0.4, 0.5) is 0 Å². The molecule has 8 nitrogen and oxygen atoms in total. The molecule has 1 aliphatic rings. The number of cyclic esters (lactones) is 1. The van der Waals surface area contributed by atoms with Crippen LogP contribution in [0.15, 0.2) is 30.3 Å². The molecule has 1 saturated heterocycles. The summed E-state index contributed by atoms with van der Waals surface area (Å²) < 4.78 is 5.30. The quantitative estimate of drug-likeness (QED) is 0.438. The smallest absolute Gasteiger partial charge is 0.325 e. The van der Waals surface area contributed by atoms with Crippen LogP contribution >= 0.6 is 0 Å². The number of carbonyl (C=O) groups is 3. The first kappa shape index (κ1) is 25.8. The zero-order chi connectivity index (χ0) is 23.3. The molecule has 1 aromatic carbocycles. The van der Waals surface area contributed by atoms with E-state index in [9.17, 15) is 19.5 Å². The monoisotopic (exact) mass is 447 g/mol. The Labute approximate surface area is 190 Å². The number of carbonyl (C=O) groups excluding carboxylic acids is 3. The molecular formula is C24H37N3O5. The molecule has 0 spiro atoms. The molecule has 2 N–H and O–H groups in total. The predicted octanol–water partition coefficient (Wildman–Crippen LogP) is 1.36. The highest BCUT2D eigenvalue weighted by Gasteiger charge is 2.32. The van der Waals surface area contributed by atoms with Gasteiger partial charge in [0.15, 0.2) is 0 Å². The van der Waals surface area contributed by atoms with Gasteiger partial charge in [-0.05, 0) is 12.0 Å². The van der Waals surface area contributed by atoms with E-state index in [1.54, 1.807) is 7.05 Å². The van der Waals surface area contributed by atoms with Gasteiger partial charge in [-0.1, -0.05) is 62.9 Å². The first-order valence-electron chi connectivity index (χ1n) is 11.6. The topological polar surface area (TPSA) is 99.2 Å². The van der Waals surface area contributed by atoms with Crippen molar-refractivity contribution in [2.24, 2.45) is 0 Å². The number of likely N-dealkylation sites (N-methyl/N-ethyl adjacent to an activating group) is 1. The van der Waals surface area contributed by atoms with E-state index in [1.165, 1.54) is 4.90 Å². The maximum absolute atomic E-state index is 13.4. The van der Waals surface area contributed by atoms with Crippen LogP contribution in [-0.4, -0.2) is 84.7 Å². The van der Waals surface area contributed by atoms with E-state index in [2.05, 4.69) is 12.2 Å². The van der Waals surface area contributed by atoms with Gasteiger partial charge < -0.3 is 20.1 Å². The van der Waals surface area contributed by atoms with Crippen LogP contribution in [0.25, 0.3) is 0 Å². The van der Waals surface area contributed by atoms with E-state index in [0.717, 1.165) is 31.2 Å². The van der Waals surface area contributed by atoms with Crippen molar-refractivity contribution in [2.45, 2.75) is 57.5 Å². The van der Waals surface area contributed by atoms with Crippen LogP contribution < -0.4 is 5.32 Å². The molecule has 8 heteroatoms. The highest BCUT2D eigenvalue weighted by molar-refractivity contribution is 5.91. The first-order chi connectivity index (χ1) is 15.5. The Bertz CT molecular complexity index is 728. The van der Waals surface area contributed by atoms with E-state index in [4.69, 9.17) is 4.74 Å². The second-order valence-corrected chi connectivity index (χ2v) is 8.29. The van der Waals surface area contributed by atoms with Gasteiger partial charge in [-0.15, -0.1) is 0 Å². The Morgan fingerprint density at radius 3 is 2.56 bits per heavy atom. The zero-order valence-corrected chi connectivity index (χ0v) is 19.3. The third kappa shape index (κ3) is 8.24. The van der Waals surface area contributed by atoms with E-state index >= 15 is 0 Å². The predicted molar refractivity (Wildman–Crippen MR) is 122 cm³/mol. The van der Waals surface area contributed by atoms with Crippen LogP contribution in [0, 0.1) is 0 Å². The fourth-order valence-corrected chi connectivity index (χ4v) is 3.97. The average molecular weight is 448 g/mol. The van der Waals surface area contributed by atoms with E-state index in [0.29, 0.717) is 25.9 Å². The lowest BCUT2D eigenvalue weighted by Gasteiger charge is -2.33. The summed E-state index contributed by atoms with van der Waals surface area (Å²) in [5.41, 5.74) is 0.918. The number of aliphatic hydroxyl groups is 1. The molecule has 1 aliphatic heterocycles. The van der Waals surface area contributed by atoms with Gasteiger partial charge in [0.25, 0.3) is 0 Å². The number of nitrogens with one attached hydrogen (secondary N) is 1. The summed E-state index contributed by atoms with van der Waals surface area (Å²) in [4.78, 5) is 41.9. The number of nitrogens with zero attached hydrogens (tertiary/aromatic N) is 2. The maximum Gasteiger partial charge on any atom is 0.325 e. The number of unbranched alkanes of at least 4 members (excludes halogenated alkanes) is 3. The molecule has 2 unspecified atom stereocenters. The number of benzene rings is 1. The van der Waals surface area contributed by atoms with Gasteiger partial charge in [-0.25, -0.2) is 0 Å². The van der Waals surface area contributed by atoms with E-state index in [1.807, 2.05) is 35.2 Å². The van der Waals surface area contributed by atoms with Crippen LogP contribution in [0.2, 0.25) is 0 Å². The minimum atomic E-state index is -0.795. The Morgan fingerprint density at radius 2 is 1.88 bits per heavy atom. The number of ether oxygens (including phenoxy) is 1. The average Bonchev–Trinajstić information content (AvgIpc) is 2.77. The molecule has 2 amide bonds. The highest BCUT2D eigenvalue weighted by Crippen LogP contribution is 2.14. The Balaban J connectivity index is 2.28. The van der Waals surface area contributed by atoms with Crippen molar-refractivity contribution < 1.29 is 24.2 Å². The molecule has 0 aromatic heterocycles. The lowest BCUT2D eigenvalue weighted by atomic mass is 10.0. The number of aliphatic hydroxyl groups excluding tert-OH is 1. The number of β-amino-alcohol motifs (C(OH)–C–C–N with tert-alkyl or cyclic N) is 1. The van der Waals surface area contributed by atoms with Crippen LogP contribution in [-0.2, 0) is 25.5 Å². The lowest BCUT2D eigenvalue weighted by molar-refractivity contribution is -0.150. The van der Waals surface area contributed by atoms with Crippen LogP contribution in [0.3, 0.4) is 0 Å². The summed E-state index contributed by atoms with van der Waals surface area (Å²) in [6, 6.07) is 8.18. The van der Waals surface area contributed by atoms with Gasteiger partial charge in [0.05, 0.1) is 12.6 Å². The van der Waals surface area contributed by atoms with E-state index in [-0.39, 0.29) is 31.6 Å². The summed E-state index contributed by atoms with van der Waals surface area (Å²) >= 11 is 0. The van der Waals surface area contributed by atoms with Gasteiger partial charge >= 0.3 is 5.97 Å². The lowest BCUT2D eigenvalue weighted by Crippen LogP contribution is -2.56. The third-order valence-corrected chi connectivity index (χ3v) is 5.74. The molecule has 2 rings (SSSR count). The summed E-state index contributed by atoms with van der Waals surface area (Å²) in [5, 5.41) is 12.5. The summed E-state index contributed by atoms with van der Waals surface area (Å²) in [5.74, 6) is -1.06. The van der Waals surface area contributed by atoms with Crippen molar-refractivity contribution in [1.29, 1.82) is 0 Å². The number of amides is 2. The summed E-state index contributed by atoms with van der Waals surface area (Å²) in [7, 11) is 1.54. The number of rotatable bonds is 9. The molecule has 0 aliphatic carbocycles. The number of esters is 1. The molecule has 0 saturated carbocycles. The van der Waals surface area contributed by atoms with Crippen molar-refractivity contribution in [3.05, 3.63) is 35.9 Å². The number of hydrogen-bond acceptors (Lipinski definition) is 6. The van der Waals surface area contributed by atoms with Crippen molar-refractivity contribution in [3.8, 4) is 0 Å². The van der Waals surface area contributed by atoms with Gasteiger partial charge in [-0.2, -0.15) is 0 Å². The Morgan fingerprint density at radius 1 is 1.12 bits per heavy atom. The summed E-state index contributed by atoms with van der Waals surface area (Å²) in [6.07, 6.45) is 5.00. The van der Waals surface area contributed by atoms with Crippen molar-refractivity contribution in [3.63, 3.8) is 0 Å².